The van der Waals surface area contributed by atoms with Gasteiger partial charge in [-0.1, -0.05) is 41.5 Å². The average molecular weight is 347 g/mol. The van der Waals surface area contributed by atoms with Gasteiger partial charge < -0.3 is 5.41 Å². The lowest BCUT2D eigenvalue weighted by Crippen LogP contribution is -2.41. The molecule has 0 heterocycles. The largest absolute Gasteiger partial charge is 0.763 e. The van der Waals surface area contributed by atoms with Crippen LogP contribution in [0.15, 0.2) is 27.9 Å². The molecule has 0 fully saturated rings. The second-order valence-electron chi connectivity index (χ2n) is 6.90. The third-order valence-electron chi connectivity index (χ3n) is 4.83. The van der Waals surface area contributed by atoms with Gasteiger partial charge in [0.05, 0.1) is 16.7 Å². The Labute approximate surface area is 150 Å². The summed E-state index contributed by atoms with van der Waals surface area (Å²) in [5.41, 5.74) is 1.11. The molecule has 0 saturated carbocycles. The standard InChI is InChI=1S/C19H21N5Si/c1-12(2)25(13(3)4,14(5)6)24-11-19-17(9-22)15(7-20)16(8-21)18(19)10-23/h12-14H,1-6H3. The fourth-order valence-electron chi connectivity index (χ4n) is 3.72. The van der Waals surface area contributed by atoms with Crippen LogP contribution in [0.25, 0.3) is 9.92 Å². The van der Waals surface area contributed by atoms with Crippen LogP contribution in [-0.4, -0.2) is 14.1 Å². The van der Waals surface area contributed by atoms with Crippen LogP contribution < -0.4 is 0 Å². The highest BCUT2D eigenvalue weighted by Gasteiger charge is 2.59. The molecule has 0 aromatic carbocycles. The number of allylic oxidation sites excluding steroid dienone is 5. The molecule has 6 heteroatoms. The van der Waals surface area contributed by atoms with Crippen molar-refractivity contribution >= 4 is 14.1 Å². The first-order chi connectivity index (χ1) is 11.7. The zero-order valence-electron chi connectivity index (χ0n) is 15.5. The highest BCUT2D eigenvalue weighted by atomic mass is 28.3. The SMILES string of the molecule is CC(C)[Si]([N+]#CC1=C(C#N)C(C#N)=C(C#N)C1=C=[N-])(C(C)C)C(C)C. The number of rotatable bonds is 3. The lowest BCUT2D eigenvalue weighted by molar-refractivity contribution is 0.832. The summed E-state index contributed by atoms with van der Waals surface area (Å²) in [5, 5.41) is 37.4. The van der Waals surface area contributed by atoms with Crippen molar-refractivity contribution in [1.82, 2.24) is 0 Å². The third kappa shape index (κ3) is 3.20. The molecule has 0 amide bonds. The van der Waals surface area contributed by atoms with Gasteiger partial charge in [-0.25, -0.2) is 0 Å². The highest BCUT2D eigenvalue weighted by Crippen LogP contribution is 2.43. The van der Waals surface area contributed by atoms with Crippen molar-refractivity contribution in [2.24, 2.45) is 0 Å². The van der Waals surface area contributed by atoms with E-state index in [0.29, 0.717) is 16.6 Å². The summed E-state index contributed by atoms with van der Waals surface area (Å²) in [6, 6.07) is 8.59. The highest BCUT2D eigenvalue weighted by molar-refractivity contribution is 6.86. The quantitative estimate of drug-likeness (QED) is 0.539. The van der Waals surface area contributed by atoms with Crippen molar-refractivity contribution in [3.05, 3.63) is 37.8 Å². The van der Waals surface area contributed by atoms with Gasteiger partial charge in [0, 0.05) is 22.2 Å². The van der Waals surface area contributed by atoms with Gasteiger partial charge in [0.25, 0.3) is 6.07 Å². The van der Waals surface area contributed by atoms with Crippen LogP contribution in [0.1, 0.15) is 41.5 Å². The molecule has 0 aliphatic heterocycles. The first kappa shape index (κ1) is 20.2. The van der Waals surface area contributed by atoms with E-state index < -0.39 is 8.24 Å². The summed E-state index contributed by atoms with van der Waals surface area (Å²) in [6.45, 7) is 12.8. The van der Waals surface area contributed by atoms with Crippen molar-refractivity contribution < 1.29 is 0 Å². The van der Waals surface area contributed by atoms with Crippen molar-refractivity contribution in [3.63, 3.8) is 0 Å². The topological polar surface area (TPSA) is 98.0 Å². The number of nitriles is 3. The Morgan fingerprint density at radius 1 is 0.760 bits per heavy atom. The average Bonchev–Trinajstić information content (AvgIpc) is 2.85. The van der Waals surface area contributed by atoms with E-state index in [9.17, 15) is 21.2 Å². The van der Waals surface area contributed by atoms with Crippen molar-refractivity contribution in [1.29, 1.82) is 15.8 Å². The molecule has 0 radical (unpaired) electrons. The Morgan fingerprint density at radius 3 is 1.48 bits per heavy atom. The van der Waals surface area contributed by atoms with E-state index in [2.05, 4.69) is 47.6 Å². The minimum atomic E-state index is -2.18. The van der Waals surface area contributed by atoms with Crippen LogP contribution >= 0.6 is 0 Å². The maximum atomic E-state index is 9.43. The molecule has 1 aliphatic carbocycles. The molecule has 0 bridgehead atoms. The van der Waals surface area contributed by atoms with Gasteiger partial charge in [0.15, 0.2) is 0 Å². The van der Waals surface area contributed by atoms with E-state index >= 15 is 0 Å². The number of hydrogen-bond donors (Lipinski definition) is 0. The Balaban J connectivity index is 3.74. The van der Waals surface area contributed by atoms with E-state index in [1.54, 1.807) is 0 Å². The molecule has 25 heavy (non-hydrogen) atoms. The predicted octanol–water partition coefficient (Wildman–Crippen LogP) is 4.84. The third-order valence-corrected chi connectivity index (χ3v) is 10.9. The minimum absolute atomic E-state index is 0.0125. The summed E-state index contributed by atoms with van der Waals surface area (Å²) in [5.74, 6) is 1.94. The van der Waals surface area contributed by atoms with E-state index in [1.807, 2.05) is 24.1 Å². The van der Waals surface area contributed by atoms with Crippen LogP contribution in [0.2, 0.25) is 16.6 Å². The summed E-state index contributed by atoms with van der Waals surface area (Å²) < 4.78 is 4.83. The Morgan fingerprint density at radius 2 is 1.16 bits per heavy atom. The first-order valence-electron chi connectivity index (χ1n) is 8.17. The summed E-state index contributed by atoms with van der Waals surface area (Å²) in [4.78, 5) is 0. The molecular weight excluding hydrogens is 326 g/mol. The predicted molar refractivity (Wildman–Crippen MR) is 101 cm³/mol. The number of nitrogens with zero attached hydrogens (tertiary/aromatic N) is 5. The van der Waals surface area contributed by atoms with Crippen molar-refractivity contribution in [2.45, 2.75) is 58.2 Å². The van der Waals surface area contributed by atoms with Gasteiger partial charge in [0.1, 0.15) is 23.8 Å². The first-order valence-corrected chi connectivity index (χ1v) is 10.4. The minimum Gasteiger partial charge on any atom is -0.763 e. The second kappa shape index (κ2) is 7.79. The summed E-state index contributed by atoms with van der Waals surface area (Å²) >= 11 is 0. The molecule has 0 N–H and O–H groups in total. The van der Waals surface area contributed by atoms with Crippen LogP contribution in [0.3, 0.4) is 0 Å². The van der Waals surface area contributed by atoms with Gasteiger partial charge in [-0.15, -0.1) is 0 Å². The fourth-order valence-corrected chi connectivity index (χ4v) is 8.80. The van der Waals surface area contributed by atoms with E-state index in [-0.39, 0.29) is 27.9 Å². The Bertz CT molecular complexity index is 858. The Hall–Kier alpha value is -2.89. The van der Waals surface area contributed by atoms with Gasteiger partial charge >= 0.3 is 8.24 Å². The molecule has 0 aromatic rings. The molecule has 1 rings (SSSR count). The van der Waals surface area contributed by atoms with Gasteiger partial charge in [-0.05, 0) is 0 Å². The van der Waals surface area contributed by atoms with Crippen LogP contribution in [0, 0.1) is 40.1 Å². The monoisotopic (exact) mass is 347 g/mol. The Kier molecular flexibility index (Phi) is 6.28. The summed E-state index contributed by atoms with van der Waals surface area (Å²) in [7, 11) is -2.18. The molecule has 0 unspecified atom stereocenters. The van der Waals surface area contributed by atoms with Gasteiger partial charge in [0.2, 0.25) is 0 Å². The van der Waals surface area contributed by atoms with Crippen molar-refractivity contribution in [2.75, 3.05) is 0 Å². The maximum absolute atomic E-state index is 9.43. The molecule has 0 spiro atoms. The normalized spacial score (nSPS) is 14.2. The zero-order valence-corrected chi connectivity index (χ0v) is 16.5. The van der Waals surface area contributed by atoms with Gasteiger partial charge in [-0.2, -0.15) is 20.3 Å². The van der Waals surface area contributed by atoms with Gasteiger partial charge in [-0.3, -0.25) is 5.87 Å². The maximum Gasteiger partial charge on any atom is 0.516 e. The molecule has 1 aliphatic rings. The number of hydrogen-bond acceptors (Lipinski definition) is 3. The van der Waals surface area contributed by atoms with Crippen LogP contribution in [-0.2, 0) is 0 Å². The van der Waals surface area contributed by atoms with E-state index in [1.165, 1.54) is 0 Å². The second-order valence-corrected chi connectivity index (χ2v) is 12.4. The fraction of sp³-hybridized carbons (Fsp3) is 0.474. The van der Waals surface area contributed by atoms with Crippen LogP contribution in [0.4, 0.5) is 0 Å². The molecule has 0 atom stereocenters. The molecule has 0 aromatic heterocycles. The van der Waals surface area contributed by atoms with E-state index in [0.717, 1.165) is 0 Å². The summed E-state index contributed by atoms with van der Waals surface area (Å²) in [6.07, 6.45) is 0. The zero-order chi connectivity index (χ0) is 19.4. The van der Waals surface area contributed by atoms with Crippen LogP contribution in [0.5, 0.6) is 0 Å². The van der Waals surface area contributed by atoms with E-state index in [4.69, 9.17) is 4.51 Å². The smallest absolute Gasteiger partial charge is 0.516 e. The molecule has 5 nitrogen and oxygen atoms in total. The lowest BCUT2D eigenvalue weighted by atomic mass is 10.1. The molecular formula is C19H21N5Si. The molecule has 126 valence electrons. The molecule has 0 saturated heterocycles. The van der Waals surface area contributed by atoms with Crippen molar-refractivity contribution in [3.8, 4) is 24.3 Å². The lowest BCUT2D eigenvalue weighted by Gasteiger charge is -2.24.